The first-order valence-electron chi connectivity index (χ1n) is 22.3. The molecule has 0 saturated heterocycles. The first-order chi connectivity index (χ1) is 31.8. The van der Waals surface area contributed by atoms with Crippen molar-refractivity contribution in [2.24, 2.45) is 5.41 Å². The van der Waals surface area contributed by atoms with Gasteiger partial charge in [-0.1, -0.05) is 153 Å². The molecule has 0 N–H and O–H groups in total. The number of para-hydroxylation sites is 3. The van der Waals surface area contributed by atoms with Crippen LogP contribution in [0.5, 0.6) is 23.0 Å². The molecule has 1 atom stereocenters. The monoisotopic (exact) mass is 876 g/mol. The van der Waals surface area contributed by atoms with Crippen LogP contribution in [0.4, 0.5) is 28.4 Å². The summed E-state index contributed by atoms with van der Waals surface area (Å²) in [5, 5.41) is 1.09. The van der Waals surface area contributed by atoms with Gasteiger partial charge in [0, 0.05) is 59.3 Å². The van der Waals surface area contributed by atoms with Gasteiger partial charge in [-0.2, -0.15) is 0 Å². The Balaban J connectivity index is 0.944. The zero-order valence-corrected chi connectivity index (χ0v) is 38.3. The summed E-state index contributed by atoms with van der Waals surface area (Å²) >= 11 is 3.74. The number of nitrogens with zero attached hydrogens (tertiary/aromatic N) is 2. The average molecular weight is 877 g/mol. The van der Waals surface area contributed by atoms with Crippen LogP contribution in [0, 0.1) is 19.3 Å². The number of thiophene rings is 1. The highest BCUT2D eigenvalue weighted by atomic mass is 32.2. The molecular formula is C58H45BN2O2S2. The second kappa shape index (κ2) is 15.7. The van der Waals surface area contributed by atoms with Gasteiger partial charge < -0.3 is 19.3 Å². The van der Waals surface area contributed by atoms with Crippen molar-refractivity contribution in [1.82, 2.24) is 0 Å². The second-order valence-corrected chi connectivity index (χ2v) is 20.0. The normalized spacial score (nSPS) is 15.6. The van der Waals surface area contributed by atoms with Crippen molar-refractivity contribution in [1.29, 1.82) is 0 Å². The molecule has 9 aromatic rings. The molecule has 12 rings (SSSR count). The lowest BCUT2D eigenvalue weighted by Gasteiger charge is -2.40. The summed E-state index contributed by atoms with van der Waals surface area (Å²) in [6.45, 7) is 9.22. The van der Waals surface area contributed by atoms with Crippen molar-refractivity contribution >= 4 is 95.2 Å². The van der Waals surface area contributed by atoms with Gasteiger partial charge in [0.25, 0.3) is 6.71 Å². The summed E-state index contributed by atoms with van der Waals surface area (Å²) in [6.07, 6.45) is 0. The van der Waals surface area contributed by atoms with Crippen LogP contribution in [0.2, 0.25) is 0 Å². The molecule has 4 nitrogen and oxygen atoms in total. The van der Waals surface area contributed by atoms with Gasteiger partial charge in [0.2, 0.25) is 0 Å². The minimum absolute atomic E-state index is 0.0252. The van der Waals surface area contributed by atoms with E-state index in [2.05, 4.69) is 232 Å². The van der Waals surface area contributed by atoms with Crippen molar-refractivity contribution < 1.29 is 9.47 Å². The SMILES string of the molecule is Cc1sc2cc3c(cc2c1Oc1cccc(N(c2ccccc2)C2SC(c4ccccc4)=C(c4ccccc4)C2(C)C)c1C)Oc1cccc2c1B3c1ccccc1N2c1ccccc1. The third-order valence-electron chi connectivity index (χ3n) is 13.4. The van der Waals surface area contributed by atoms with Crippen molar-refractivity contribution in [3.63, 3.8) is 0 Å². The van der Waals surface area contributed by atoms with E-state index in [1.54, 1.807) is 11.3 Å². The molecule has 0 bridgehead atoms. The van der Waals surface area contributed by atoms with Gasteiger partial charge in [0.15, 0.2) is 0 Å². The molecule has 7 heteroatoms. The van der Waals surface area contributed by atoms with E-state index >= 15 is 0 Å². The van der Waals surface area contributed by atoms with Crippen LogP contribution in [0.15, 0.2) is 194 Å². The van der Waals surface area contributed by atoms with Gasteiger partial charge in [0.1, 0.15) is 23.0 Å². The van der Waals surface area contributed by atoms with Crippen LogP contribution >= 0.6 is 23.1 Å². The Morgan fingerprint density at radius 1 is 0.631 bits per heavy atom. The van der Waals surface area contributed by atoms with Crippen molar-refractivity contribution in [3.05, 3.63) is 216 Å². The van der Waals surface area contributed by atoms with E-state index in [0.717, 1.165) is 61.6 Å². The Kier molecular flexibility index (Phi) is 9.55. The highest BCUT2D eigenvalue weighted by molar-refractivity contribution is 8.09. The Morgan fingerprint density at radius 2 is 1.28 bits per heavy atom. The van der Waals surface area contributed by atoms with Crippen molar-refractivity contribution in [2.45, 2.75) is 33.1 Å². The quantitative estimate of drug-likeness (QED) is 0.142. The third kappa shape index (κ3) is 6.43. The standard InChI is InChI=1S/C58H45BN2O2S2/c1-37-46(61(42-27-15-8-16-28-42)57-58(3,4)53(39-21-9-5-10-22-39)56(65-57)40-23-11-6-12-24-40)31-19-33-49(37)63-55-38(2)64-52-36-45-51(35-43(52)55)62-50-34-20-32-48-54(50)59(45)44-29-17-18-30-47(44)60(48)41-25-13-7-14-26-41/h5-36,57H,1-4H3. The van der Waals surface area contributed by atoms with E-state index in [9.17, 15) is 0 Å². The Labute approximate surface area is 389 Å². The molecule has 3 aliphatic rings. The van der Waals surface area contributed by atoms with Gasteiger partial charge in [-0.05, 0) is 114 Å². The fraction of sp³-hybridized carbons (Fsp3) is 0.103. The highest BCUT2D eigenvalue weighted by Crippen LogP contribution is 2.61. The molecule has 1 unspecified atom stereocenters. The molecule has 65 heavy (non-hydrogen) atoms. The number of hydrogen-bond acceptors (Lipinski definition) is 6. The molecule has 0 saturated carbocycles. The fourth-order valence-corrected chi connectivity index (χ4v) is 13.2. The Morgan fingerprint density at radius 3 is 2.03 bits per heavy atom. The maximum atomic E-state index is 7.18. The molecular weight excluding hydrogens is 832 g/mol. The summed E-state index contributed by atoms with van der Waals surface area (Å²) in [7, 11) is 0. The molecule has 0 radical (unpaired) electrons. The summed E-state index contributed by atoms with van der Waals surface area (Å²) in [5.74, 6) is 3.47. The smallest absolute Gasteiger partial charge is 0.256 e. The molecule has 0 aliphatic carbocycles. The molecule has 314 valence electrons. The maximum Gasteiger partial charge on any atom is 0.256 e. The first-order valence-corrected chi connectivity index (χ1v) is 24.0. The summed E-state index contributed by atoms with van der Waals surface area (Å²) in [5.41, 5.74) is 14.1. The number of anilines is 5. The average Bonchev–Trinajstić information content (AvgIpc) is 3.80. The van der Waals surface area contributed by atoms with Crippen LogP contribution in [-0.4, -0.2) is 12.1 Å². The van der Waals surface area contributed by atoms with Gasteiger partial charge >= 0.3 is 0 Å². The minimum atomic E-state index is -0.256. The van der Waals surface area contributed by atoms with Crippen LogP contribution in [0.25, 0.3) is 20.6 Å². The molecule has 0 amide bonds. The third-order valence-corrected chi connectivity index (χ3v) is 16.1. The van der Waals surface area contributed by atoms with E-state index in [1.807, 2.05) is 11.8 Å². The maximum absolute atomic E-state index is 7.18. The number of rotatable bonds is 8. The lowest BCUT2D eigenvalue weighted by molar-refractivity contribution is 0.475. The van der Waals surface area contributed by atoms with Gasteiger partial charge in [-0.15, -0.1) is 11.3 Å². The molecule has 0 spiro atoms. The largest absolute Gasteiger partial charge is 0.458 e. The Hall–Kier alpha value is -6.93. The van der Waals surface area contributed by atoms with E-state index in [0.29, 0.717) is 0 Å². The van der Waals surface area contributed by atoms with E-state index in [-0.39, 0.29) is 17.5 Å². The number of fused-ring (bicyclic) bond motifs is 5. The predicted molar refractivity (Wildman–Crippen MR) is 277 cm³/mol. The number of thioether (sulfide) groups is 1. The zero-order chi connectivity index (χ0) is 43.8. The number of ether oxygens (including phenoxy) is 2. The predicted octanol–water partition coefficient (Wildman–Crippen LogP) is 14.5. The highest BCUT2D eigenvalue weighted by Gasteiger charge is 2.47. The van der Waals surface area contributed by atoms with Crippen LogP contribution in [0.1, 0.15) is 35.4 Å². The van der Waals surface area contributed by atoms with Crippen LogP contribution in [0.3, 0.4) is 0 Å². The summed E-state index contributed by atoms with van der Waals surface area (Å²) in [6, 6.07) is 69.7. The van der Waals surface area contributed by atoms with Gasteiger partial charge in [0.05, 0.1) is 5.37 Å². The molecule has 1 aromatic heterocycles. The first kappa shape index (κ1) is 39.6. The molecule has 8 aromatic carbocycles. The van der Waals surface area contributed by atoms with E-state index < -0.39 is 0 Å². The van der Waals surface area contributed by atoms with Gasteiger partial charge in [-0.25, -0.2) is 0 Å². The second-order valence-electron chi connectivity index (χ2n) is 17.7. The Bertz CT molecular complexity index is 3320. The van der Waals surface area contributed by atoms with Crippen molar-refractivity contribution in [3.8, 4) is 23.0 Å². The lowest BCUT2D eigenvalue weighted by atomic mass is 9.34. The summed E-state index contributed by atoms with van der Waals surface area (Å²) in [4.78, 5) is 7.36. The molecule has 4 heterocycles. The minimum Gasteiger partial charge on any atom is -0.458 e. The fourth-order valence-electron chi connectivity index (χ4n) is 10.4. The number of benzene rings is 8. The lowest BCUT2D eigenvalue weighted by Crippen LogP contribution is -2.59. The van der Waals surface area contributed by atoms with E-state index in [1.165, 1.54) is 48.4 Å². The zero-order valence-electron chi connectivity index (χ0n) is 36.7. The molecule has 3 aliphatic heterocycles. The van der Waals surface area contributed by atoms with E-state index in [4.69, 9.17) is 9.47 Å². The van der Waals surface area contributed by atoms with Crippen LogP contribution in [-0.2, 0) is 0 Å². The molecule has 0 fully saturated rings. The number of aryl methyl sites for hydroxylation is 1. The topological polar surface area (TPSA) is 24.9 Å². The van der Waals surface area contributed by atoms with Gasteiger partial charge in [-0.3, -0.25) is 0 Å². The summed E-state index contributed by atoms with van der Waals surface area (Å²) < 4.78 is 15.3. The van der Waals surface area contributed by atoms with Crippen molar-refractivity contribution in [2.75, 3.05) is 9.80 Å². The van der Waals surface area contributed by atoms with Crippen LogP contribution < -0.4 is 35.7 Å². The number of hydrogen-bond donors (Lipinski definition) is 0.